The topological polar surface area (TPSA) is 54.9 Å². The minimum atomic E-state index is -0.769. The van der Waals surface area contributed by atoms with E-state index in [4.69, 9.17) is 0 Å². The summed E-state index contributed by atoms with van der Waals surface area (Å²) in [5, 5.41) is 12.7. The van der Waals surface area contributed by atoms with Gasteiger partial charge in [0, 0.05) is 28.9 Å². The molecule has 1 N–H and O–H groups in total. The number of hydrogen-bond donors (Lipinski definition) is 1. The molecule has 0 bridgehead atoms. The second kappa shape index (κ2) is 4.66. The number of nitrogens with one attached hydrogen (secondary N) is 1. The SMILES string of the molecule is Cc1nnc(NC(C)CS(C)=O)s1. The molecule has 4 nitrogen and oxygen atoms in total. The van der Waals surface area contributed by atoms with Gasteiger partial charge in [0.25, 0.3) is 0 Å². The van der Waals surface area contributed by atoms with Gasteiger partial charge in [0.15, 0.2) is 0 Å². The molecule has 0 aromatic carbocycles. The first-order valence-corrected chi connectivity index (χ1v) is 6.49. The first-order valence-electron chi connectivity index (χ1n) is 3.94. The van der Waals surface area contributed by atoms with Gasteiger partial charge in [0.05, 0.1) is 0 Å². The van der Waals surface area contributed by atoms with Crippen LogP contribution in [0.2, 0.25) is 0 Å². The van der Waals surface area contributed by atoms with E-state index in [-0.39, 0.29) is 6.04 Å². The molecule has 1 aromatic heterocycles. The minimum Gasteiger partial charge on any atom is -0.357 e. The standard InChI is InChI=1S/C7H13N3OS2/c1-5(4-13(3)11)8-7-10-9-6(2)12-7/h5H,4H2,1-3H3,(H,8,10). The van der Waals surface area contributed by atoms with Crippen molar-refractivity contribution in [1.29, 1.82) is 0 Å². The van der Waals surface area contributed by atoms with Gasteiger partial charge in [-0.2, -0.15) is 0 Å². The van der Waals surface area contributed by atoms with E-state index < -0.39 is 10.8 Å². The van der Waals surface area contributed by atoms with Gasteiger partial charge in [0.2, 0.25) is 5.13 Å². The van der Waals surface area contributed by atoms with Crippen molar-refractivity contribution < 1.29 is 4.21 Å². The molecule has 0 spiro atoms. The van der Waals surface area contributed by atoms with Crippen molar-refractivity contribution in [1.82, 2.24) is 10.2 Å². The van der Waals surface area contributed by atoms with E-state index in [2.05, 4.69) is 15.5 Å². The Morgan fingerprint density at radius 3 is 2.77 bits per heavy atom. The highest BCUT2D eigenvalue weighted by Gasteiger charge is 2.06. The molecule has 2 atom stereocenters. The summed E-state index contributed by atoms with van der Waals surface area (Å²) in [6, 6.07) is 0.179. The Labute approximate surface area is 84.2 Å². The summed E-state index contributed by atoms with van der Waals surface area (Å²) in [5.41, 5.74) is 0. The van der Waals surface area contributed by atoms with Gasteiger partial charge in [-0.25, -0.2) is 0 Å². The number of aryl methyl sites for hydroxylation is 1. The average Bonchev–Trinajstić information content (AvgIpc) is 2.33. The summed E-state index contributed by atoms with van der Waals surface area (Å²) in [4.78, 5) is 0. The van der Waals surface area contributed by atoms with Crippen molar-refractivity contribution >= 4 is 27.3 Å². The van der Waals surface area contributed by atoms with E-state index in [0.717, 1.165) is 10.1 Å². The maximum Gasteiger partial charge on any atom is 0.205 e. The van der Waals surface area contributed by atoms with Gasteiger partial charge in [-0.15, -0.1) is 10.2 Å². The molecular formula is C7H13N3OS2. The smallest absolute Gasteiger partial charge is 0.205 e. The fourth-order valence-electron chi connectivity index (χ4n) is 0.959. The fraction of sp³-hybridized carbons (Fsp3) is 0.714. The van der Waals surface area contributed by atoms with E-state index >= 15 is 0 Å². The highest BCUT2D eigenvalue weighted by atomic mass is 32.2. The largest absolute Gasteiger partial charge is 0.357 e. The lowest BCUT2D eigenvalue weighted by Crippen LogP contribution is -2.22. The lowest BCUT2D eigenvalue weighted by atomic mass is 10.4. The first-order chi connectivity index (χ1) is 6.08. The zero-order valence-electron chi connectivity index (χ0n) is 7.90. The maximum atomic E-state index is 10.9. The lowest BCUT2D eigenvalue weighted by Gasteiger charge is -2.09. The summed E-state index contributed by atoms with van der Waals surface area (Å²) in [5.74, 6) is 0.638. The van der Waals surface area contributed by atoms with Gasteiger partial charge in [-0.05, 0) is 13.8 Å². The Morgan fingerprint density at radius 1 is 1.62 bits per heavy atom. The molecule has 0 saturated heterocycles. The molecule has 0 radical (unpaired) electrons. The number of hydrogen-bond acceptors (Lipinski definition) is 5. The van der Waals surface area contributed by atoms with Crippen molar-refractivity contribution in [2.45, 2.75) is 19.9 Å². The third-order valence-corrected chi connectivity index (χ3v) is 3.12. The highest BCUT2D eigenvalue weighted by molar-refractivity contribution is 7.84. The van der Waals surface area contributed by atoms with Crippen LogP contribution in [-0.4, -0.2) is 32.5 Å². The summed E-state index contributed by atoms with van der Waals surface area (Å²) < 4.78 is 10.9. The van der Waals surface area contributed by atoms with E-state index in [0.29, 0.717) is 5.75 Å². The number of nitrogens with zero attached hydrogens (tertiary/aromatic N) is 2. The molecule has 1 rings (SSSR count). The second-order valence-electron chi connectivity index (χ2n) is 2.91. The van der Waals surface area contributed by atoms with Crippen LogP contribution in [0.5, 0.6) is 0 Å². The third-order valence-electron chi connectivity index (χ3n) is 1.38. The van der Waals surface area contributed by atoms with Gasteiger partial charge >= 0.3 is 0 Å². The Morgan fingerprint density at radius 2 is 2.31 bits per heavy atom. The molecule has 0 aliphatic rings. The molecule has 2 unspecified atom stereocenters. The van der Waals surface area contributed by atoms with E-state index in [9.17, 15) is 4.21 Å². The Bertz CT molecular complexity index is 300. The summed E-state index contributed by atoms with van der Waals surface area (Å²) in [7, 11) is -0.769. The van der Waals surface area contributed by atoms with Crippen LogP contribution in [-0.2, 0) is 10.8 Å². The molecule has 0 amide bonds. The molecule has 0 saturated carbocycles. The maximum absolute atomic E-state index is 10.9. The molecule has 13 heavy (non-hydrogen) atoms. The first kappa shape index (κ1) is 10.6. The Hall–Kier alpha value is -0.490. The van der Waals surface area contributed by atoms with Gasteiger partial charge in [-0.3, -0.25) is 4.21 Å². The average molecular weight is 219 g/mol. The summed E-state index contributed by atoms with van der Waals surface area (Å²) in [6.07, 6.45) is 1.70. The molecule has 6 heteroatoms. The van der Waals surface area contributed by atoms with Gasteiger partial charge < -0.3 is 5.32 Å². The zero-order chi connectivity index (χ0) is 9.84. The predicted octanol–water partition coefficient (Wildman–Crippen LogP) is 1.03. The Balaban J connectivity index is 2.44. The van der Waals surface area contributed by atoms with Crippen LogP contribution < -0.4 is 5.32 Å². The molecular weight excluding hydrogens is 206 g/mol. The van der Waals surface area contributed by atoms with Crippen LogP contribution in [0.15, 0.2) is 0 Å². The van der Waals surface area contributed by atoms with Crippen molar-refractivity contribution in [2.75, 3.05) is 17.3 Å². The van der Waals surface area contributed by atoms with Crippen molar-refractivity contribution in [3.8, 4) is 0 Å². The van der Waals surface area contributed by atoms with Crippen molar-refractivity contribution in [3.05, 3.63) is 5.01 Å². The molecule has 0 aliphatic heterocycles. The third kappa shape index (κ3) is 3.82. The van der Waals surface area contributed by atoms with E-state index in [1.165, 1.54) is 11.3 Å². The van der Waals surface area contributed by atoms with Gasteiger partial charge in [0.1, 0.15) is 5.01 Å². The molecule has 1 heterocycles. The monoisotopic (exact) mass is 219 g/mol. The van der Waals surface area contributed by atoms with Crippen LogP contribution in [0.3, 0.4) is 0 Å². The number of rotatable bonds is 4. The van der Waals surface area contributed by atoms with E-state index in [1.54, 1.807) is 6.26 Å². The van der Waals surface area contributed by atoms with Gasteiger partial charge in [-0.1, -0.05) is 11.3 Å². The highest BCUT2D eigenvalue weighted by Crippen LogP contribution is 2.14. The Kier molecular flexibility index (Phi) is 3.80. The molecule has 0 aliphatic carbocycles. The number of anilines is 1. The van der Waals surface area contributed by atoms with Crippen molar-refractivity contribution in [2.24, 2.45) is 0 Å². The zero-order valence-corrected chi connectivity index (χ0v) is 9.54. The normalized spacial score (nSPS) is 15.3. The van der Waals surface area contributed by atoms with Crippen LogP contribution in [0.4, 0.5) is 5.13 Å². The number of aromatic nitrogens is 2. The minimum absolute atomic E-state index is 0.179. The van der Waals surface area contributed by atoms with Crippen LogP contribution in [0, 0.1) is 6.92 Å². The quantitative estimate of drug-likeness (QED) is 0.821. The molecule has 1 aromatic rings. The second-order valence-corrected chi connectivity index (χ2v) is 5.57. The van der Waals surface area contributed by atoms with E-state index in [1.807, 2.05) is 13.8 Å². The summed E-state index contributed by atoms with van der Waals surface area (Å²) >= 11 is 1.51. The van der Waals surface area contributed by atoms with Crippen LogP contribution >= 0.6 is 11.3 Å². The van der Waals surface area contributed by atoms with Crippen LogP contribution in [0.25, 0.3) is 0 Å². The molecule has 0 fully saturated rings. The molecule has 74 valence electrons. The predicted molar refractivity (Wildman–Crippen MR) is 56.7 cm³/mol. The fourth-order valence-corrected chi connectivity index (χ4v) is 2.45. The summed E-state index contributed by atoms with van der Waals surface area (Å²) in [6.45, 7) is 3.89. The van der Waals surface area contributed by atoms with Crippen molar-refractivity contribution in [3.63, 3.8) is 0 Å². The lowest BCUT2D eigenvalue weighted by molar-refractivity contribution is 0.683. The van der Waals surface area contributed by atoms with Crippen LogP contribution in [0.1, 0.15) is 11.9 Å².